The van der Waals surface area contributed by atoms with Gasteiger partial charge >= 0.3 is 63.3 Å². The van der Waals surface area contributed by atoms with E-state index >= 15 is 0 Å². The SMILES string of the molecule is CCCCCCCCCCCCC(CCCCC)(C(=O)O)C(=O)O.[H-].[K+]. The molecule has 0 spiro atoms. The van der Waals surface area contributed by atoms with Gasteiger partial charge in [0.15, 0.2) is 5.41 Å². The minimum absolute atomic E-state index is 0. The maximum absolute atomic E-state index is 11.6. The molecule has 0 aromatic heterocycles. The fraction of sp³-hybridized carbons (Fsp3) is 0.900. The van der Waals surface area contributed by atoms with Crippen LogP contribution in [0, 0.1) is 5.41 Å². The maximum atomic E-state index is 11.6. The molecule has 0 aromatic carbocycles. The number of rotatable bonds is 17. The fourth-order valence-electron chi connectivity index (χ4n) is 3.24. The summed E-state index contributed by atoms with van der Waals surface area (Å²) in [6.45, 7) is 4.25. The molecule has 0 saturated carbocycles. The third kappa shape index (κ3) is 12.6. The molecule has 25 heavy (non-hydrogen) atoms. The Bertz CT molecular complexity index is 337. The van der Waals surface area contributed by atoms with Gasteiger partial charge in [-0.1, -0.05) is 97.3 Å². The Kier molecular flexibility index (Phi) is 20.0. The van der Waals surface area contributed by atoms with Crippen molar-refractivity contribution in [2.75, 3.05) is 0 Å². The fourth-order valence-corrected chi connectivity index (χ4v) is 3.24. The number of unbranched alkanes of at least 4 members (excludes halogenated alkanes) is 11. The molecule has 4 nitrogen and oxygen atoms in total. The minimum atomic E-state index is -1.57. The molecular formula is C20H39KO4. The Morgan fingerprint density at radius 2 is 0.920 bits per heavy atom. The normalized spacial score (nSPS) is 11.1. The molecule has 0 radical (unpaired) electrons. The van der Waals surface area contributed by atoms with Crippen molar-refractivity contribution in [3.05, 3.63) is 0 Å². The zero-order valence-corrected chi connectivity index (χ0v) is 19.9. The molecule has 5 heteroatoms. The third-order valence-electron chi connectivity index (χ3n) is 4.98. The van der Waals surface area contributed by atoms with Crippen LogP contribution >= 0.6 is 0 Å². The van der Waals surface area contributed by atoms with Gasteiger partial charge in [-0.05, 0) is 12.8 Å². The smallest absolute Gasteiger partial charge is 1.00 e. The number of carbonyl (C=O) groups is 2. The molecule has 0 aromatic rings. The first-order chi connectivity index (χ1) is 11.5. The summed E-state index contributed by atoms with van der Waals surface area (Å²) in [7, 11) is 0. The average Bonchev–Trinajstić information content (AvgIpc) is 2.54. The average molecular weight is 383 g/mol. The van der Waals surface area contributed by atoms with E-state index in [1.165, 1.54) is 44.9 Å². The summed E-state index contributed by atoms with van der Waals surface area (Å²) >= 11 is 0. The van der Waals surface area contributed by atoms with E-state index in [4.69, 9.17) is 0 Å². The van der Waals surface area contributed by atoms with E-state index in [-0.39, 0.29) is 65.7 Å². The van der Waals surface area contributed by atoms with Crippen LogP contribution in [-0.2, 0) is 9.59 Å². The molecule has 0 heterocycles. The second-order valence-corrected chi connectivity index (χ2v) is 7.08. The van der Waals surface area contributed by atoms with Crippen molar-refractivity contribution in [2.45, 2.75) is 110 Å². The molecule has 0 saturated heterocycles. The van der Waals surface area contributed by atoms with Gasteiger partial charge in [0.05, 0.1) is 0 Å². The van der Waals surface area contributed by atoms with Crippen LogP contribution in [0.15, 0.2) is 0 Å². The van der Waals surface area contributed by atoms with Crippen molar-refractivity contribution >= 4 is 11.9 Å². The van der Waals surface area contributed by atoms with E-state index in [1.807, 2.05) is 6.92 Å². The van der Waals surface area contributed by atoms with Crippen LogP contribution in [-0.4, -0.2) is 22.2 Å². The van der Waals surface area contributed by atoms with Crippen LogP contribution in [0.2, 0.25) is 0 Å². The third-order valence-corrected chi connectivity index (χ3v) is 4.98. The Hall–Kier alpha value is 0.576. The van der Waals surface area contributed by atoms with Crippen LogP contribution in [0.1, 0.15) is 112 Å². The molecule has 0 aliphatic heterocycles. The summed E-state index contributed by atoms with van der Waals surface area (Å²) in [4.78, 5) is 23.1. The number of hydrogen-bond donors (Lipinski definition) is 2. The van der Waals surface area contributed by atoms with Crippen molar-refractivity contribution in [1.29, 1.82) is 0 Å². The van der Waals surface area contributed by atoms with Gasteiger partial charge < -0.3 is 11.6 Å². The zero-order valence-electron chi connectivity index (χ0n) is 17.8. The van der Waals surface area contributed by atoms with E-state index in [9.17, 15) is 19.8 Å². The molecule has 2 N–H and O–H groups in total. The molecule has 0 fully saturated rings. The van der Waals surface area contributed by atoms with Gasteiger partial charge in [-0.15, -0.1) is 0 Å². The summed E-state index contributed by atoms with van der Waals surface area (Å²) in [5.74, 6) is -2.33. The number of carboxylic acid groups (broad SMARTS) is 2. The number of hydrogen-bond acceptors (Lipinski definition) is 2. The van der Waals surface area contributed by atoms with Gasteiger partial charge in [0.1, 0.15) is 0 Å². The summed E-state index contributed by atoms with van der Waals surface area (Å²) in [6, 6.07) is 0. The Labute approximate surface area is 198 Å². The maximum Gasteiger partial charge on any atom is 1.00 e. The summed E-state index contributed by atoms with van der Waals surface area (Å²) in [5.41, 5.74) is -1.57. The van der Waals surface area contributed by atoms with Crippen LogP contribution in [0.3, 0.4) is 0 Å². The predicted molar refractivity (Wildman–Crippen MR) is 99.4 cm³/mol. The Morgan fingerprint density at radius 3 is 1.28 bits per heavy atom. The molecule has 0 aliphatic carbocycles. The van der Waals surface area contributed by atoms with Crippen LogP contribution < -0.4 is 51.4 Å². The zero-order chi connectivity index (χ0) is 18.3. The standard InChI is InChI=1S/C20H38O4.K.H/c1-3-5-7-8-9-10-11-12-13-15-17-20(18(21)22,19(23)24)16-14-6-4-2;;/h3-17H2,1-2H3,(H,21,22)(H,23,24);;/q;+1;-1. The van der Waals surface area contributed by atoms with Crippen LogP contribution in [0.5, 0.6) is 0 Å². The van der Waals surface area contributed by atoms with Crippen LogP contribution in [0.4, 0.5) is 0 Å². The van der Waals surface area contributed by atoms with Crippen molar-refractivity contribution in [2.24, 2.45) is 5.41 Å². The predicted octanol–water partition coefficient (Wildman–Crippen LogP) is 3.15. The quantitative estimate of drug-likeness (QED) is 0.230. The Balaban J connectivity index is -0.00000264. The molecule has 0 unspecified atom stereocenters. The van der Waals surface area contributed by atoms with Crippen molar-refractivity contribution in [3.8, 4) is 0 Å². The first-order valence-electron chi connectivity index (χ1n) is 9.98. The van der Waals surface area contributed by atoms with Gasteiger partial charge in [-0.3, -0.25) is 9.59 Å². The molecule has 0 amide bonds. The van der Waals surface area contributed by atoms with E-state index in [2.05, 4.69) is 6.92 Å². The molecule has 144 valence electrons. The molecule has 0 bridgehead atoms. The molecule has 0 rings (SSSR count). The molecule has 0 atom stereocenters. The topological polar surface area (TPSA) is 74.6 Å². The van der Waals surface area contributed by atoms with E-state index in [0.29, 0.717) is 12.8 Å². The second-order valence-electron chi connectivity index (χ2n) is 7.08. The van der Waals surface area contributed by atoms with Gasteiger partial charge in [-0.25, -0.2) is 0 Å². The van der Waals surface area contributed by atoms with Crippen molar-refractivity contribution in [3.63, 3.8) is 0 Å². The first kappa shape index (κ1) is 27.8. The first-order valence-corrected chi connectivity index (χ1v) is 9.98. The van der Waals surface area contributed by atoms with E-state index in [1.54, 1.807) is 0 Å². The Morgan fingerprint density at radius 1 is 0.640 bits per heavy atom. The number of aliphatic carboxylic acids is 2. The van der Waals surface area contributed by atoms with E-state index < -0.39 is 17.4 Å². The largest absolute Gasteiger partial charge is 1.00 e. The van der Waals surface area contributed by atoms with Gasteiger partial charge in [0.25, 0.3) is 0 Å². The van der Waals surface area contributed by atoms with Gasteiger partial charge in [-0.2, -0.15) is 0 Å². The number of carboxylic acids is 2. The minimum Gasteiger partial charge on any atom is -1.00 e. The van der Waals surface area contributed by atoms with Crippen molar-refractivity contribution < 1.29 is 72.6 Å². The van der Waals surface area contributed by atoms with Gasteiger partial charge in [0, 0.05) is 0 Å². The van der Waals surface area contributed by atoms with E-state index in [0.717, 1.165) is 25.7 Å². The summed E-state index contributed by atoms with van der Waals surface area (Å²) in [6.07, 6.45) is 14.7. The van der Waals surface area contributed by atoms with Crippen LogP contribution in [0.25, 0.3) is 0 Å². The second kappa shape index (κ2) is 18.0. The molecule has 0 aliphatic rings. The van der Waals surface area contributed by atoms with Crippen molar-refractivity contribution in [1.82, 2.24) is 0 Å². The summed E-state index contributed by atoms with van der Waals surface area (Å²) in [5, 5.41) is 18.9. The monoisotopic (exact) mass is 382 g/mol. The summed E-state index contributed by atoms with van der Waals surface area (Å²) < 4.78 is 0. The molecular weight excluding hydrogens is 343 g/mol. The van der Waals surface area contributed by atoms with Gasteiger partial charge in [0.2, 0.25) is 0 Å².